The average Bonchev–Trinajstić information content (AvgIpc) is 2.59. The lowest BCUT2D eigenvalue weighted by molar-refractivity contribution is 0.106. The third-order valence-corrected chi connectivity index (χ3v) is 3.72. The van der Waals surface area contributed by atoms with Crippen molar-refractivity contribution in [2.75, 3.05) is 20.7 Å². The topological polar surface area (TPSA) is 45.7 Å². The largest absolute Gasteiger partial charge is 0.375 e. The molecule has 2 aromatic rings. The van der Waals surface area contributed by atoms with Crippen LogP contribution in [0.5, 0.6) is 0 Å². The maximum Gasteiger partial charge on any atom is 0.191 e. The first-order chi connectivity index (χ1) is 11.2. The summed E-state index contributed by atoms with van der Waals surface area (Å²) in [5, 5.41) is 7.27. The number of hydrogen-bond acceptors (Lipinski definition) is 2. The van der Waals surface area contributed by atoms with E-state index >= 15 is 0 Å². The van der Waals surface area contributed by atoms with Crippen molar-refractivity contribution in [3.63, 3.8) is 0 Å². The van der Waals surface area contributed by atoms with Gasteiger partial charge in [0.1, 0.15) is 0 Å². The number of aliphatic imine (C=N–C) groups is 1. The fourth-order valence-electron chi connectivity index (χ4n) is 2.24. The standard InChI is InChI=1S/C18H22ClN3O/c1-20-18(21-12-14-7-4-3-5-8-14)22-13-17(23-2)15-9-6-10-16(19)11-15/h3-11,17H,12-13H2,1-2H3,(H2,20,21,22). The smallest absolute Gasteiger partial charge is 0.191 e. The van der Waals surface area contributed by atoms with E-state index in [2.05, 4.69) is 27.8 Å². The number of guanidine groups is 1. The van der Waals surface area contributed by atoms with Gasteiger partial charge in [-0.15, -0.1) is 0 Å². The lowest BCUT2D eigenvalue weighted by Crippen LogP contribution is -2.39. The Morgan fingerprint density at radius 3 is 2.57 bits per heavy atom. The van der Waals surface area contributed by atoms with Gasteiger partial charge in [-0.3, -0.25) is 4.99 Å². The van der Waals surface area contributed by atoms with Crippen molar-refractivity contribution in [2.24, 2.45) is 4.99 Å². The zero-order valence-electron chi connectivity index (χ0n) is 13.4. The van der Waals surface area contributed by atoms with Gasteiger partial charge >= 0.3 is 0 Å². The highest BCUT2D eigenvalue weighted by atomic mass is 35.5. The number of halogens is 1. The Morgan fingerprint density at radius 1 is 1.13 bits per heavy atom. The van der Waals surface area contributed by atoms with E-state index in [0.29, 0.717) is 11.6 Å². The minimum atomic E-state index is -0.0935. The molecule has 5 heteroatoms. The van der Waals surface area contributed by atoms with Crippen molar-refractivity contribution in [1.29, 1.82) is 0 Å². The predicted octanol–water partition coefficient (Wildman–Crippen LogP) is 3.39. The van der Waals surface area contributed by atoms with Crippen molar-refractivity contribution < 1.29 is 4.74 Å². The molecule has 0 aliphatic heterocycles. The molecule has 23 heavy (non-hydrogen) atoms. The van der Waals surface area contributed by atoms with Crippen molar-refractivity contribution in [3.05, 3.63) is 70.7 Å². The predicted molar refractivity (Wildman–Crippen MR) is 95.8 cm³/mol. The van der Waals surface area contributed by atoms with Gasteiger partial charge in [-0.2, -0.15) is 0 Å². The number of benzene rings is 2. The maximum absolute atomic E-state index is 6.04. The second-order valence-corrected chi connectivity index (χ2v) is 5.51. The molecule has 0 aromatic heterocycles. The number of hydrogen-bond donors (Lipinski definition) is 2. The quantitative estimate of drug-likeness (QED) is 0.630. The molecule has 0 saturated heterocycles. The van der Waals surface area contributed by atoms with E-state index in [9.17, 15) is 0 Å². The molecule has 4 nitrogen and oxygen atoms in total. The Hall–Kier alpha value is -2.04. The van der Waals surface area contributed by atoms with E-state index in [1.54, 1.807) is 14.2 Å². The normalized spacial score (nSPS) is 12.7. The summed E-state index contributed by atoms with van der Waals surface area (Å²) in [5.41, 5.74) is 2.24. The van der Waals surface area contributed by atoms with E-state index in [1.807, 2.05) is 42.5 Å². The van der Waals surface area contributed by atoms with Crippen molar-refractivity contribution in [2.45, 2.75) is 12.6 Å². The molecule has 0 saturated carbocycles. The summed E-state index contributed by atoms with van der Waals surface area (Å²) in [5.74, 6) is 0.734. The third kappa shape index (κ3) is 5.58. The number of ether oxygens (including phenoxy) is 1. The zero-order chi connectivity index (χ0) is 16.5. The number of methoxy groups -OCH3 is 1. The van der Waals surface area contributed by atoms with Crippen LogP contribution in [0.1, 0.15) is 17.2 Å². The summed E-state index contributed by atoms with van der Waals surface area (Å²) >= 11 is 6.04. The maximum atomic E-state index is 6.04. The zero-order valence-corrected chi connectivity index (χ0v) is 14.2. The van der Waals surface area contributed by atoms with Crippen LogP contribution in [0.4, 0.5) is 0 Å². The van der Waals surface area contributed by atoms with Crippen LogP contribution in [0.3, 0.4) is 0 Å². The second kappa shape index (κ2) is 9.18. The van der Waals surface area contributed by atoms with Gasteiger partial charge in [0.15, 0.2) is 5.96 Å². The molecule has 2 aromatic carbocycles. The summed E-state index contributed by atoms with van der Waals surface area (Å²) < 4.78 is 5.55. The van der Waals surface area contributed by atoms with Crippen LogP contribution >= 0.6 is 11.6 Å². The summed E-state index contributed by atoms with van der Waals surface area (Å²) in [6.45, 7) is 1.32. The van der Waals surface area contributed by atoms with E-state index in [4.69, 9.17) is 16.3 Å². The molecular formula is C18H22ClN3O. The first-order valence-electron chi connectivity index (χ1n) is 7.49. The van der Waals surface area contributed by atoms with Crippen LogP contribution in [-0.2, 0) is 11.3 Å². The average molecular weight is 332 g/mol. The van der Waals surface area contributed by atoms with Gasteiger partial charge in [0, 0.05) is 32.3 Å². The Balaban J connectivity index is 1.88. The molecule has 0 amide bonds. The number of rotatable bonds is 6. The summed E-state index contributed by atoms with van der Waals surface area (Å²) in [7, 11) is 3.44. The van der Waals surface area contributed by atoms with Crippen molar-refractivity contribution >= 4 is 17.6 Å². The Bertz CT molecular complexity index is 631. The monoisotopic (exact) mass is 331 g/mol. The lowest BCUT2D eigenvalue weighted by Gasteiger charge is -2.19. The molecule has 0 aliphatic rings. The summed E-state index contributed by atoms with van der Waals surface area (Å²) in [4.78, 5) is 4.23. The molecule has 0 bridgehead atoms. The molecule has 0 aliphatic carbocycles. The lowest BCUT2D eigenvalue weighted by atomic mass is 10.1. The van der Waals surface area contributed by atoms with Gasteiger partial charge in [0.05, 0.1) is 6.10 Å². The van der Waals surface area contributed by atoms with Crippen LogP contribution < -0.4 is 10.6 Å². The Labute approximate surface area is 142 Å². The highest BCUT2D eigenvalue weighted by molar-refractivity contribution is 6.30. The van der Waals surface area contributed by atoms with Crippen LogP contribution in [0, 0.1) is 0 Å². The molecule has 2 rings (SSSR count). The molecule has 1 atom stereocenters. The van der Waals surface area contributed by atoms with Gasteiger partial charge in [-0.05, 0) is 23.3 Å². The molecule has 0 spiro atoms. The minimum Gasteiger partial charge on any atom is -0.375 e. The number of nitrogens with zero attached hydrogens (tertiary/aromatic N) is 1. The van der Waals surface area contributed by atoms with E-state index < -0.39 is 0 Å². The minimum absolute atomic E-state index is 0.0935. The molecular weight excluding hydrogens is 310 g/mol. The SMILES string of the molecule is CN=C(NCc1ccccc1)NCC(OC)c1cccc(Cl)c1. The third-order valence-electron chi connectivity index (χ3n) is 3.49. The van der Waals surface area contributed by atoms with Crippen molar-refractivity contribution in [3.8, 4) is 0 Å². The first-order valence-corrected chi connectivity index (χ1v) is 7.87. The van der Waals surface area contributed by atoms with Crippen LogP contribution in [0.15, 0.2) is 59.6 Å². The molecule has 1 unspecified atom stereocenters. The molecule has 0 fully saturated rings. The van der Waals surface area contributed by atoms with Gasteiger partial charge in [-0.25, -0.2) is 0 Å². The van der Waals surface area contributed by atoms with Gasteiger partial charge in [0.25, 0.3) is 0 Å². The van der Waals surface area contributed by atoms with E-state index in [1.165, 1.54) is 5.56 Å². The van der Waals surface area contributed by atoms with Crippen molar-refractivity contribution in [1.82, 2.24) is 10.6 Å². The highest BCUT2D eigenvalue weighted by Crippen LogP contribution is 2.19. The second-order valence-electron chi connectivity index (χ2n) is 5.07. The first kappa shape index (κ1) is 17.3. The summed E-state index contributed by atoms with van der Waals surface area (Å²) in [6.07, 6.45) is -0.0935. The van der Waals surface area contributed by atoms with Crippen LogP contribution in [0.2, 0.25) is 5.02 Å². The summed E-state index contributed by atoms with van der Waals surface area (Å²) in [6, 6.07) is 17.9. The molecule has 0 radical (unpaired) electrons. The number of nitrogens with one attached hydrogen (secondary N) is 2. The van der Waals surface area contributed by atoms with E-state index in [0.717, 1.165) is 18.1 Å². The molecule has 0 heterocycles. The van der Waals surface area contributed by atoms with Gasteiger partial charge < -0.3 is 15.4 Å². The Morgan fingerprint density at radius 2 is 1.91 bits per heavy atom. The van der Waals surface area contributed by atoms with Crippen LogP contribution in [-0.4, -0.2) is 26.7 Å². The van der Waals surface area contributed by atoms with Crippen LogP contribution in [0.25, 0.3) is 0 Å². The molecule has 2 N–H and O–H groups in total. The molecule has 122 valence electrons. The van der Waals surface area contributed by atoms with Gasteiger partial charge in [-0.1, -0.05) is 54.1 Å². The fraction of sp³-hybridized carbons (Fsp3) is 0.278. The fourth-order valence-corrected chi connectivity index (χ4v) is 2.43. The highest BCUT2D eigenvalue weighted by Gasteiger charge is 2.11. The van der Waals surface area contributed by atoms with E-state index in [-0.39, 0.29) is 6.10 Å². The Kier molecular flexibility index (Phi) is 6.91. The van der Waals surface area contributed by atoms with Gasteiger partial charge in [0.2, 0.25) is 0 Å².